The molecule has 2 N–H and O–H groups in total. The molecule has 4 heteroatoms. The van der Waals surface area contributed by atoms with Crippen molar-refractivity contribution >= 4 is 0 Å². The topological polar surface area (TPSA) is 50.7 Å². The van der Waals surface area contributed by atoms with E-state index < -0.39 is 6.10 Å². The fraction of sp³-hybridized carbons (Fsp3) is 0.600. The Bertz CT molecular complexity index is 404. The van der Waals surface area contributed by atoms with Gasteiger partial charge in [0.1, 0.15) is 24.2 Å². The number of hydrogen-bond acceptors (Lipinski definition) is 4. The van der Waals surface area contributed by atoms with E-state index in [-0.39, 0.29) is 6.61 Å². The Morgan fingerprint density at radius 2 is 2.11 bits per heavy atom. The standard InChI is InChI=1S/C15H23NO3/c1-15(6-7-15)11-16-9-12(17)10-19-14-5-3-4-13(8-14)18-2/h3-5,8,12,16-17H,6-7,9-11H2,1-2H3. The molecule has 0 bridgehead atoms. The Labute approximate surface area is 114 Å². The van der Waals surface area contributed by atoms with E-state index in [0.29, 0.717) is 17.7 Å². The molecule has 0 aromatic heterocycles. The van der Waals surface area contributed by atoms with Crippen LogP contribution >= 0.6 is 0 Å². The lowest BCUT2D eigenvalue weighted by Gasteiger charge is -2.15. The minimum atomic E-state index is -0.492. The van der Waals surface area contributed by atoms with E-state index in [1.165, 1.54) is 12.8 Å². The molecular weight excluding hydrogens is 242 g/mol. The van der Waals surface area contributed by atoms with Gasteiger partial charge in [-0.1, -0.05) is 13.0 Å². The first kappa shape index (κ1) is 14.2. The van der Waals surface area contributed by atoms with Crippen molar-refractivity contribution in [3.8, 4) is 11.5 Å². The average Bonchev–Trinajstić information content (AvgIpc) is 3.14. The molecule has 4 nitrogen and oxygen atoms in total. The molecule has 106 valence electrons. The van der Waals surface area contributed by atoms with Crippen LogP contribution in [-0.2, 0) is 0 Å². The van der Waals surface area contributed by atoms with Gasteiger partial charge in [-0.15, -0.1) is 0 Å². The summed E-state index contributed by atoms with van der Waals surface area (Å²) in [7, 11) is 1.62. The minimum absolute atomic E-state index is 0.289. The van der Waals surface area contributed by atoms with Crippen molar-refractivity contribution in [3.05, 3.63) is 24.3 Å². The number of aliphatic hydroxyl groups excluding tert-OH is 1. The number of aliphatic hydroxyl groups is 1. The van der Waals surface area contributed by atoms with Crippen molar-refractivity contribution in [3.63, 3.8) is 0 Å². The van der Waals surface area contributed by atoms with E-state index in [2.05, 4.69) is 12.2 Å². The van der Waals surface area contributed by atoms with Crippen molar-refractivity contribution in [1.29, 1.82) is 0 Å². The summed E-state index contributed by atoms with van der Waals surface area (Å²) in [5.74, 6) is 1.47. The zero-order valence-electron chi connectivity index (χ0n) is 11.7. The minimum Gasteiger partial charge on any atom is -0.497 e. The van der Waals surface area contributed by atoms with Gasteiger partial charge in [-0.2, -0.15) is 0 Å². The molecule has 0 aliphatic heterocycles. The third kappa shape index (κ3) is 4.73. The summed E-state index contributed by atoms with van der Waals surface area (Å²) in [6.45, 7) is 4.10. The highest BCUT2D eigenvalue weighted by molar-refractivity contribution is 5.32. The number of nitrogens with one attached hydrogen (secondary N) is 1. The van der Waals surface area contributed by atoms with Crippen LogP contribution in [0.2, 0.25) is 0 Å². The van der Waals surface area contributed by atoms with Crippen LogP contribution in [0.4, 0.5) is 0 Å². The van der Waals surface area contributed by atoms with Crippen LogP contribution in [-0.4, -0.2) is 38.0 Å². The first-order valence-electron chi connectivity index (χ1n) is 6.77. The maximum atomic E-state index is 9.84. The highest BCUT2D eigenvalue weighted by atomic mass is 16.5. The number of benzene rings is 1. The monoisotopic (exact) mass is 265 g/mol. The molecule has 1 aromatic carbocycles. The van der Waals surface area contributed by atoms with Crippen LogP contribution < -0.4 is 14.8 Å². The summed E-state index contributed by atoms with van der Waals surface area (Å²) in [5, 5.41) is 13.1. The predicted molar refractivity (Wildman–Crippen MR) is 74.7 cm³/mol. The summed E-state index contributed by atoms with van der Waals surface area (Å²) in [4.78, 5) is 0. The first-order valence-corrected chi connectivity index (χ1v) is 6.77. The molecule has 0 saturated heterocycles. The first-order chi connectivity index (χ1) is 9.11. The Morgan fingerprint density at radius 3 is 2.79 bits per heavy atom. The van der Waals surface area contributed by atoms with Gasteiger partial charge >= 0.3 is 0 Å². The van der Waals surface area contributed by atoms with E-state index in [1.807, 2.05) is 24.3 Å². The third-order valence-electron chi connectivity index (χ3n) is 3.52. The molecule has 1 fully saturated rings. The summed E-state index contributed by atoms with van der Waals surface area (Å²) in [6.07, 6.45) is 2.08. The fourth-order valence-corrected chi connectivity index (χ4v) is 1.87. The highest BCUT2D eigenvalue weighted by Gasteiger charge is 2.36. The highest BCUT2D eigenvalue weighted by Crippen LogP contribution is 2.43. The summed E-state index contributed by atoms with van der Waals surface area (Å²) in [6, 6.07) is 7.40. The maximum absolute atomic E-state index is 9.84. The van der Waals surface area contributed by atoms with Gasteiger partial charge in [-0.3, -0.25) is 0 Å². The second-order valence-corrected chi connectivity index (χ2v) is 5.59. The molecule has 2 rings (SSSR count). The largest absolute Gasteiger partial charge is 0.497 e. The Kier molecular flexibility index (Phi) is 4.66. The van der Waals surface area contributed by atoms with Gasteiger partial charge in [0.2, 0.25) is 0 Å². The lowest BCUT2D eigenvalue weighted by Crippen LogP contribution is -2.34. The normalized spacial score (nSPS) is 17.8. The van der Waals surface area contributed by atoms with Gasteiger partial charge in [0, 0.05) is 19.2 Å². The molecule has 1 aromatic rings. The molecule has 1 aliphatic rings. The van der Waals surface area contributed by atoms with Crippen molar-refractivity contribution < 1.29 is 14.6 Å². The van der Waals surface area contributed by atoms with E-state index >= 15 is 0 Å². The smallest absolute Gasteiger partial charge is 0.123 e. The van der Waals surface area contributed by atoms with Crippen LogP contribution in [0.25, 0.3) is 0 Å². The van der Waals surface area contributed by atoms with Gasteiger partial charge in [0.05, 0.1) is 7.11 Å². The molecule has 1 unspecified atom stereocenters. The quantitative estimate of drug-likeness (QED) is 0.753. The number of rotatable bonds is 8. The van der Waals surface area contributed by atoms with Gasteiger partial charge in [-0.05, 0) is 30.4 Å². The van der Waals surface area contributed by atoms with Gasteiger partial charge < -0.3 is 19.9 Å². The predicted octanol–water partition coefficient (Wildman–Crippen LogP) is 1.82. The second kappa shape index (κ2) is 6.26. The Hall–Kier alpha value is -1.26. The zero-order valence-corrected chi connectivity index (χ0v) is 11.7. The van der Waals surface area contributed by atoms with Crippen LogP contribution in [0, 0.1) is 5.41 Å². The van der Waals surface area contributed by atoms with Crippen LogP contribution in [0.15, 0.2) is 24.3 Å². The van der Waals surface area contributed by atoms with Crippen molar-refractivity contribution in [2.24, 2.45) is 5.41 Å². The van der Waals surface area contributed by atoms with Crippen molar-refractivity contribution in [1.82, 2.24) is 5.32 Å². The fourth-order valence-electron chi connectivity index (χ4n) is 1.87. The van der Waals surface area contributed by atoms with Gasteiger partial charge in [0.25, 0.3) is 0 Å². The summed E-state index contributed by atoms with van der Waals surface area (Å²) < 4.78 is 10.7. The van der Waals surface area contributed by atoms with Crippen molar-refractivity contribution in [2.45, 2.75) is 25.9 Å². The Balaban J connectivity index is 1.65. The molecule has 0 radical (unpaired) electrons. The van der Waals surface area contributed by atoms with E-state index in [4.69, 9.17) is 9.47 Å². The summed E-state index contributed by atoms with van der Waals surface area (Å²) >= 11 is 0. The van der Waals surface area contributed by atoms with E-state index in [0.717, 1.165) is 12.3 Å². The molecule has 1 aliphatic carbocycles. The molecule has 1 saturated carbocycles. The van der Waals surface area contributed by atoms with Gasteiger partial charge in [0.15, 0.2) is 0 Å². The molecule has 19 heavy (non-hydrogen) atoms. The lowest BCUT2D eigenvalue weighted by atomic mass is 10.1. The molecule has 0 heterocycles. The zero-order chi connectivity index (χ0) is 13.7. The SMILES string of the molecule is COc1cccc(OCC(O)CNCC2(C)CC2)c1. The molecule has 1 atom stereocenters. The van der Waals surface area contributed by atoms with Crippen LogP contribution in [0.1, 0.15) is 19.8 Å². The second-order valence-electron chi connectivity index (χ2n) is 5.59. The third-order valence-corrected chi connectivity index (χ3v) is 3.52. The average molecular weight is 265 g/mol. The number of hydrogen-bond donors (Lipinski definition) is 2. The summed E-state index contributed by atoms with van der Waals surface area (Å²) in [5.41, 5.74) is 0.466. The maximum Gasteiger partial charge on any atom is 0.123 e. The van der Waals surface area contributed by atoms with Crippen LogP contribution in [0.3, 0.4) is 0 Å². The molecule has 0 amide bonds. The van der Waals surface area contributed by atoms with Gasteiger partial charge in [-0.25, -0.2) is 0 Å². The molecule has 0 spiro atoms. The Morgan fingerprint density at radius 1 is 1.37 bits per heavy atom. The number of methoxy groups -OCH3 is 1. The lowest BCUT2D eigenvalue weighted by molar-refractivity contribution is 0.105. The van der Waals surface area contributed by atoms with Crippen LogP contribution in [0.5, 0.6) is 11.5 Å². The number of ether oxygens (including phenoxy) is 2. The molecular formula is C15H23NO3. The van der Waals surface area contributed by atoms with E-state index in [9.17, 15) is 5.11 Å². The van der Waals surface area contributed by atoms with E-state index in [1.54, 1.807) is 7.11 Å². The van der Waals surface area contributed by atoms with Crippen molar-refractivity contribution in [2.75, 3.05) is 26.8 Å².